The molecule has 4 aromatic rings. The first kappa shape index (κ1) is 24.7. The van der Waals surface area contributed by atoms with E-state index < -0.39 is 0 Å². The molecule has 184 valence electrons. The molecule has 0 fully saturated rings. The zero-order chi connectivity index (χ0) is 25.2. The number of benzene rings is 2. The van der Waals surface area contributed by atoms with Gasteiger partial charge in [0.15, 0.2) is 5.82 Å². The lowest BCUT2D eigenvalue weighted by Gasteiger charge is -2.33. The topological polar surface area (TPSA) is 79.7 Å². The summed E-state index contributed by atoms with van der Waals surface area (Å²) in [5.41, 5.74) is 3.12. The van der Waals surface area contributed by atoms with Crippen molar-refractivity contribution in [2.24, 2.45) is 0 Å². The number of hydrogen-bond donors (Lipinski definition) is 1. The Balaban J connectivity index is 1.78. The summed E-state index contributed by atoms with van der Waals surface area (Å²) >= 11 is 0. The van der Waals surface area contributed by atoms with Crippen LogP contribution in [0, 0.1) is 12.7 Å². The number of halogens is 1. The first-order valence-electron chi connectivity index (χ1n) is 12.1. The second-order valence-electron chi connectivity index (χ2n) is 10.2. The van der Waals surface area contributed by atoms with E-state index in [9.17, 15) is 9.18 Å². The normalized spacial score (nSPS) is 13.0. The van der Waals surface area contributed by atoms with Crippen LogP contribution in [0.2, 0.25) is 0 Å². The van der Waals surface area contributed by atoms with Crippen LogP contribution in [-0.4, -0.2) is 30.1 Å². The van der Waals surface area contributed by atoms with E-state index in [-0.39, 0.29) is 23.0 Å². The molecule has 8 heteroatoms. The first-order chi connectivity index (χ1) is 16.7. The van der Waals surface area contributed by atoms with Crippen molar-refractivity contribution in [3.63, 3.8) is 0 Å². The van der Waals surface area contributed by atoms with E-state index in [1.807, 2.05) is 35.9 Å². The fraction of sp³-hybridized carbons (Fsp3) is 0.407. The Hall–Kier alpha value is -3.39. The molecule has 0 aliphatic carbocycles. The average Bonchev–Trinajstić information content (AvgIpc) is 3.29. The van der Waals surface area contributed by atoms with Gasteiger partial charge in [0, 0.05) is 24.2 Å². The molecule has 0 bridgehead atoms. The van der Waals surface area contributed by atoms with Crippen LogP contribution in [-0.2, 0) is 18.6 Å². The van der Waals surface area contributed by atoms with Gasteiger partial charge < -0.3 is 4.98 Å². The number of aromatic amines is 1. The van der Waals surface area contributed by atoms with Crippen molar-refractivity contribution in [3.8, 4) is 0 Å². The van der Waals surface area contributed by atoms with Gasteiger partial charge in [-0.05, 0) is 85.3 Å². The highest BCUT2D eigenvalue weighted by Gasteiger charge is 2.30. The summed E-state index contributed by atoms with van der Waals surface area (Å²) in [6, 6.07) is 14.4. The molecule has 7 nitrogen and oxygen atoms in total. The molecule has 2 heterocycles. The molecule has 1 N–H and O–H groups in total. The van der Waals surface area contributed by atoms with Crippen molar-refractivity contribution in [2.75, 3.05) is 0 Å². The number of aryl methyl sites for hydroxylation is 1. The predicted octanol–water partition coefficient (Wildman–Crippen LogP) is 5.26. The summed E-state index contributed by atoms with van der Waals surface area (Å²) < 4.78 is 15.5. The smallest absolute Gasteiger partial charge is 0.252 e. The Morgan fingerprint density at radius 3 is 2.51 bits per heavy atom. The number of hydrogen-bond acceptors (Lipinski definition) is 5. The molecule has 0 aliphatic heterocycles. The molecule has 1 atom stereocenters. The summed E-state index contributed by atoms with van der Waals surface area (Å²) in [6.45, 7) is 11.2. The molecule has 0 unspecified atom stereocenters. The molecule has 35 heavy (non-hydrogen) atoms. The summed E-state index contributed by atoms with van der Waals surface area (Å²) in [5.74, 6) is 0.484. The summed E-state index contributed by atoms with van der Waals surface area (Å²) in [6.07, 6.45) is 1.72. The maximum Gasteiger partial charge on any atom is 0.252 e. The monoisotopic (exact) mass is 476 g/mol. The third kappa shape index (κ3) is 5.65. The number of pyridine rings is 1. The number of fused-ring (bicyclic) bond motifs is 1. The first-order valence-corrected chi connectivity index (χ1v) is 12.1. The largest absolute Gasteiger partial charge is 0.322 e. The van der Waals surface area contributed by atoms with E-state index >= 15 is 0 Å². The minimum absolute atomic E-state index is 0.113. The van der Waals surface area contributed by atoms with Crippen molar-refractivity contribution in [3.05, 3.63) is 87.2 Å². The standard InChI is InChI=1S/C27H33FN6O/c1-6-7-24(25-30-31-32-34(25)27(3,4)5)33(16-19-9-12-22(28)13-10-19)17-21-15-20-11-8-18(2)14-23(20)29-26(21)35/h8-15,24H,6-7,16-17H2,1-5H3,(H,29,35)/t24-/m1/s1. The molecular weight excluding hydrogens is 443 g/mol. The van der Waals surface area contributed by atoms with Gasteiger partial charge in [-0.25, -0.2) is 9.07 Å². The van der Waals surface area contributed by atoms with Gasteiger partial charge >= 0.3 is 0 Å². The minimum Gasteiger partial charge on any atom is -0.322 e. The highest BCUT2D eigenvalue weighted by molar-refractivity contribution is 5.79. The van der Waals surface area contributed by atoms with Crippen LogP contribution in [0.3, 0.4) is 0 Å². The second-order valence-corrected chi connectivity index (χ2v) is 10.2. The Bertz CT molecular complexity index is 1350. The van der Waals surface area contributed by atoms with Gasteiger partial charge in [0.25, 0.3) is 5.56 Å². The molecular formula is C27H33FN6O. The lowest BCUT2D eigenvalue weighted by atomic mass is 10.0. The van der Waals surface area contributed by atoms with Gasteiger partial charge in [-0.3, -0.25) is 9.69 Å². The quantitative estimate of drug-likeness (QED) is 0.375. The fourth-order valence-electron chi connectivity index (χ4n) is 4.42. The van der Waals surface area contributed by atoms with Crippen molar-refractivity contribution in [1.82, 2.24) is 30.1 Å². The van der Waals surface area contributed by atoms with Crippen LogP contribution in [0.25, 0.3) is 10.9 Å². The van der Waals surface area contributed by atoms with Crippen molar-refractivity contribution >= 4 is 10.9 Å². The minimum atomic E-state index is -0.301. The van der Waals surface area contributed by atoms with Crippen molar-refractivity contribution < 1.29 is 4.39 Å². The number of nitrogens with zero attached hydrogens (tertiary/aromatic N) is 5. The Labute approximate surface area is 205 Å². The van der Waals surface area contributed by atoms with E-state index in [2.05, 4.69) is 53.1 Å². The number of rotatable bonds is 8. The molecule has 2 aromatic carbocycles. The van der Waals surface area contributed by atoms with Gasteiger partial charge in [0.2, 0.25) is 0 Å². The highest BCUT2D eigenvalue weighted by atomic mass is 19.1. The summed E-state index contributed by atoms with van der Waals surface area (Å²) in [5, 5.41) is 13.7. The third-order valence-corrected chi connectivity index (χ3v) is 6.18. The number of nitrogens with one attached hydrogen (secondary N) is 1. The van der Waals surface area contributed by atoms with Gasteiger partial charge in [-0.1, -0.05) is 37.6 Å². The van der Waals surface area contributed by atoms with Crippen LogP contribution < -0.4 is 5.56 Å². The maximum absolute atomic E-state index is 13.6. The van der Waals surface area contributed by atoms with E-state index in [0.717, 1.165) is 40.7 Å². The molecule has 0 saturated carbocycles. The lowest BCUT2D eigenvalue weighted by molar-refractivity contribution is 0.148. The number of H-pyrrole nitrogens is 1. The molecule has 0 radical (unpaired) electrons. The Morgan fingerprint density at radius 2 is 1.83 bits per heavy atom. The average molecular weight is 477 g/mol. The Morgan fingerprint density at radius 1 is 1.09 bits per heavy atom. The van der Waals surface area contributed by atoms with Gasteiger partial charge in [0.1, 0.15) is 5.82 Å². The maximum atomic E-state index is 13.6. The van der Waals surface area contributed by atoms with Crippen molar-refractivity contribution in [1.29, 1.82) is 0 Å². The highest BCUT2D eigenvalue weighted by Crippen LogP contribution is 2.30. The molecule has 0 saturated heterocycles. The van der Waals surface area contributed by atoms with Crippen LogP contribution in [0.1, 0.15) is 69.1 Å². The fourth-order valence-corrected chi connectivity index (χ4v) is 4.42. The van der Waals surface area contributed by atoms with E-state index in [1.165, 1.54) is 12.1 Å². The van der Waals surface area contributed by atoms with Crippen LogP contribution in [0.4, 0.5) is 4.39 Å². The zero-order valence-corrected chi connectivity index (χ0v) is 21.0. The zero-order valence-electron chi connectivity index (χ0n) is 21.0. The summed E-state index contributed by atoms with van der Waals surface area (Å²) in [4.78, 5) is 18.4. The second kappa shape index (κ2) is 10.1. The number of aromatic nitrogens is 5. The summed E-state index contributed by atoms with van der Waals surface area (Å²) in [7, 11) is 0. The molecule has 2 aromatic heterocycles. The van der Waals surface area contributed by atoms with Crippen LogP contribution >= 0.6 is 0 Å². The predicted molar refractivity (Wildman–Crippen MR) is 135 cm³/mol. The van der Waals surface area contributed by atoms with E-state index in [0.29, 0.717) is 18.7 Å². The number of tetrazole rings is 1. The molecule has 0 aliphatic rings. The third-order valence-electron chi connectivity index (χ3n) is 6.18. The van der Waals surface area contributed by atoms with E-state index in [4.69, 9.17) is 0 Å². The SMILES string of the molecule is CCC[C@H](c1nnnn1C(C)(C)C)N(Cc1ccc(F)cc1)Cc1cc2ccc(C)cc2[nH]c1=O. The van der Waals surface area contributed by atoms with Crippen LogP contribution in [0.15, 0.2) is 53.3 Å². The van der Waals surface area contributed by atoms with Crippen LogP contribution in [0.5, 0.6) is 0 Å². The van der Waals surface area contributed by atoms with Gasteiger partial charge in [-0.2, -0.15) is 0 Å². The van der Waals surface area contributed by atoms with Crippen molar-refractivity contribution in [2.45, 2.75) is 72.1 Å². The van der Waals surface area contributed by atoms with E-state index in [1.54, 1.807) is 12.1 Å². The lowest BCUT2D eigenvalue weighted by Crippen LogP contribution is -2.35. The molecule has 4 rings (SSSR count). The van der Waals surface area contributed by atoms with Gasteiger partial charge in [-0.15, -0.1) is 5.10 Å². The molecule has 0 spiro atoms. The molecule has 0 amide bonds. The Kier molecular flexibility index (Phi) is 7.12. The van der Waals surface area contributed by atoms with Gasteiger partial charge in [0.05, 0.1) is 11.6 Å².